The van der Waals surface area contributed by atoms with Gasteiger partial charge in [0.05, 0.1) is 6.10 Å². The van der Waals surface area contributed by atoms with E-state index in [1.807, 2.05) is 18.2 Å². The Morgan fingerprint density at radius 2 is 2.29 bits per heavy atom. The second kappa shape index (κ2) is 6.16. The van der Waals surface area contributed by atoms with Crippen LogP contribution in [-0.2, 0) is 6.54 Å². The maximum atomic E-state index is 9.65. The lowest BCUT2D eigenvalue weighted by Crippen LogP contribution is -2.30. The average Bonchev–Trinajstić information content (AvgIpc) is 2.70. The van der Waals surface area contributed by atoms with Gasteiger partial charge in [-0.25, -0.2) is 0 Å². The molecule has 1 aliphatic heterocycles. The molecule has 2 atom stereocenters. The molecule has 17 heavy (non-hydrogen) atoms. The first-order chi connectivity index (χ1) is 8.16. The monoisotopic (exact) mass is 318 g/mol. The van der Waals surface area contributed by atoms with Crippen molar-refractivity contribution < 1.29 is 5.11 Å². The van der Waals surface area contributed by atoms with Crippen molar-refractivity contribution in [1.82, 2.24) is 10.6 Å². The van der Waals surface area contributed by atoms with E-state index in [1.54, 1.807) is 0 Å². The Kier molecular flexibility index (Phi) is 4.82. The molecule has 2 unspecified atom stereocenters. The van der Waals surface area contributed by atoms with E-state index in [0.29, 0.717) is 12.5 Å². The summed E-state index contributed by atoms with van der Waals surface area (Å²) < 4.78 is 1.06. The van der Waals surface area contributed by atoms with Gasteiger partial charge in [-0.1, -0.05) is 27.5 Å². The van der Waals surface area contributed by atoms with Gasteiger partial charge in [-0.2, -0.15) is 0 Å². The highest BCUT2D eigenvalue weighted by Crippen LogP contribution is 2.21. The molecule has 0 radical (unpaired) electrons. The fraction of sp³-hybridized carbons (Fsp3) is 0.500. The summed E-state index contributed by atoms with van der Waals surface area (Å²) >= 11 is 9.44. The Bertz CT molecular complexity index is 389. The molecule has 94 valence electrons. The highest BCUT2D eigenvalue weighted by atomic mass is 79.9. The largest absolute Gasteiger partial charge is 0.391 e. The summed E-state index contributed by atoms with van der Waals surface area (Å²) in [5.41, 5.74) is 1.14. The molecule has 0 bridgehead atoms. The molecule has 1 aromatic carbocycles. The number of aliphatic hydroxyl groups is 1. The molecular weight excluding hydrogens is 304 g/mol. The second-order valence-corrected chi connectivity index (χ2v) is 5.64. The van der Waals surface area contributed by atoms with Crippen molar-refractivity contribution in [3.05, 3.63) is 33.3 Å². The minimum absolute atomic E-state index is 0.231. The first kappa shape index (κ1) is 13.3. The Hall–Kier alpha value is -0.130. The quantitative estimate of drug-likeness (QED) is 0.792. The number of hydrogen-bond donors (Lipinski definition) is 3. The smallest absolute Gasteiger partial charge is 0.0716 e. The van der Waals surface area contributed by atoms with Gasteiger partial charge in [0.15, 0.2) is 0 Å². The maximum absolute atomic E-state index is 9.65. The molecule has 1 heterocycles. The molecule has 0 aliphatic carbocycles. The van der Waals surface area contributed by atoms with Crippen molar-refractivity contribution in [1.29, 1.82) is 0 Å². The van der Waals surface area contributed by atoms with E-state index >= 15 is 0 Å². The zero-order chi connectivity index (χ0) is 12.3. The topological polar surface area (TPSA) is 44.3 Å². The number of β-amino-alcohol motifs (C(OH)–C–C–N with tert-alkyl or cyclic N) is 1. The highest BCUT2D eigenvalue weighted by molar-refractivity contribution is 9.10. The molecule has 1 aromatic rings. The van der Waals surface area contributed by atoms with Crippen LogP contribution in [0.25, 0.3) is 0 Å². The molecule has 0 spiro atoms. The van der Waals surface area contributed by atoms with Gasteiger partial charge in [0, 0.05) is 41.6 Å². The van der Waals surface area contributed by atoms with E-state index in [9.17, 15) is 5.11 Å². The first-order valence-corrected chi connectivity index (χ1v) is 6.87. The van der Waals surface area contributed by atoms with Gasteiger partial charge >= 0.3 is 0 Å². The van der Waals surface area contributed by atoms with E-state index in [4.69, 9.17) is 11.6 Å². The SMILES string of the molecule is OC1CNCC1CNCc1cc(Cl)ccc1Br. The number of halogens is 2. The Morgan fingerprint density at radius 3 is 3.00 bits per heavy atom. The highest BCUT2D eigenvalue weighted by Gasteiger charge is 2.24. The van der Waals surface area contributed by atoms with Gasteiger partial charge in [-0.05, 0) is 23.8 Å². The molecule has 3 N–H and O–H groups in total. The van der Waals surface area contributed by atoms with Crippen LogP contribution in [0.4, 0.5) is 0 Å². The fourth-order valence-corrected chi connectivity index (χ4v) is 2.58. The third-order valence-electron chi connectivity index (χ3n) is 3.03. The molecule has 0 saturated carbocycles. The maximum Gasteiger partial charge on any atom is 0.0716 e. The predicted molar refractivity (Wildman–Crippen MR) is 73.2 cm³/mol. The number of hydrogen-bond acceptors (Lipinski definition) is 3. The predicted octanol–water partition coefficient (Wildman–Crippen LogP) is 1.77. The summed E-state index contributed by atoms with van der Waals surface area (Å²) in [5, 5.41) is 16.9. The van der Waals surface area contributed by atoms with Crippen LogP contribution in [0.1, 0.15) is 5.56 Å². The molecule has 3 nitrogen and oxygen atoms in total. The van der Waals surface area contributed by atoms with Crippen LogP contribution in [0.15, 0.2) is 22.7 Å². The Balaban J connectivity index is 1.83. The minimum atomic E-state index is -0.231. The number of benzene rings is 1. The summed E-state index contributed by atoms with van der Waals surface area (Å²) in [6, 6.07) is 5.76. The normalized spacial score (nSPS) is 24.2. The van der Waals surface area contributed by atoms with Crippen molar-refractivity contribution in [2.45, 2.75) is 12.6 Å². The third kappa shape index (κ3) is 3.66. The third-order valence-corrected chi connectivity index (χ3v) is 4.04. The van der Waals surface area contributed by atoms with Crippen LogP contribution < -0.4 is 10.6 Å². The summed E-state index contributed by atoms with van der Waals surface area (Å²) in [5.74, 6) is 0.299. The van der Waals surface area contributed by atoms with Crippen LogP contribution in [-0.4, -0.2) is 30.8 Å². The molecule has 0 aromatic heterocycles. The van der Waals surface area contributed by atoms with Gasteiger partial charge in [-0.3, -0.25) is 0 Å². The molecule has 1 saturated heterocycles. The number of rotatable bonds is 4. The summed E-state index contributed by atoms with van der Waals surface area (Å²) in [4.78, 5) is 0. The molecular formula is C12H16BrClN2O. The van der Waals surface area contributed by atoms with Gasteiger partial charge in [-0.15, -0.1) is 0 Å². The van der Waals surface area contributed by atoms with Crippen molar-refractivity contribution in [2.24, 2.45) is 5.92 Å². The van der Waals surface area contributed by atoms with Crippen LogP contribution in [0.5, 0.6) is 0 Å². The number of aliphatic hydroxyl groups excluding tert-OH is 1. The lowest BCUT2D eigenvalue weighted by atomic mass is 10.1. The van der Waals surface area contributed by atoms with Crippen LogP contribution in [0.3, 0.4) is 0 Å². The molecule has 2 rings (SSSR count). The van der Waals surface area contributed by atoms with Crippen molar-refractivity contribution in [3.63, 3.8) is 0 Å². The van der Waals surface area contributed by atoms with Crippen LogP contribution in [0, 0.1) is 5.92 Å². The molecule has 1 aliphatic rings. The second-order valence-electron chi connectivity index (χ2n) is 4.35. The molecule has 5 heteroatoms. The fourth-order valence-electron chi connectivity index (χ4n) is 2.00. The first-order valence-electron chi connectivity index (χ1n) is 5.70. The summed E-state index contributed by atoms with van der Waals surface area (Å²) in [6.45, 7) is 3.15. The van der Waals surface area contributed by atoms with E-state index in [-0.39, 0.29) is 6.10 Å². The summed E-state index contributed by atoms with van der Waals surface area (Å²) in [7, 11) is 0. The van der Waals surface area contributed by atoms with Crippen LogP contribution in [0.2, 0.25) is 5.02 Å². The Labute approximate surface area is 115 Å². The van der Waals surface area contributed by atoms with Crippen molar-refractivity contribution >= 4 is 27.5 Å². The van der Waals surface area contributed by atoms with Gasteiger partial charge < -0.3 is 15.7 Å². The molecule has 1 fully saturated rings. The molecule has 0 amide bonds. The standard InChI is InChI=1S/C12H16BrClN2O/c13-11-2-1-10(14)3-8(11)4-15-5-9-6-16-7-12(9)17/h1-3,9,12,15-17H,4-7H2. The number of nitrogens with one attached hydrogen (secondary N) is 2. The average molecular weight is 320 g/mol. The van der Waals surface area contributed by atoms with E-state index < -0.39 is 0 Å². The van der Waals surface area contributed by atoms with E-state index in [1.165, 1.54) is 0 Å². The van der Waals surface area contributed by atoms with Gasteiger partial charge in [0.1, 0.15) is 0 Å². The summed E-state index contributed by atoms with van der Waals surface area (Å²) in [6.07, 6.45) is -0.231. The lowest BCUT2D eigenvalue weighted by Gasteiger charge is -2.14. The van der Waals surface area contributed by atoms with Gasteiger partial charge in [0.25, 0.3) is 0 Å². The zero-order valence-corrected chi connectivity index (χ0v) is 11.8. The van der Waals surface area contributed by atoms with E-state index in [2.05, 4.69) is 26.6 Å². The van der Waals surface area contributed by atoms with Gasteiger partial charge in [0.2, 0.25) is 0 Å². The Morgan fingerprint density at radius 1 is 1.47 bits per heavy atom. The van der Waals surface area contributed by atoms with Crippen molar-refractivity contribution in [2.75, 3.05) is 19.6 Å². The van der Waals surface area contributed by atoms with Crippen molar-refractivity contribution in [3.8, 4) is 0 Å². The lowest BCUT2D eigenvalue weighted by molar-refractivity contribution is 0.146. The minimum Gasteiger partial charge on any atom is -0.391 e. The van der Waals surface area contributed by atoms with Crippen LogP contribution >= 0.6 is 27.5 Å². The zero-order valence-electron chi connectivity index (χ0n) is 9.42. The van der Waals surface area contributed by atoms with E-state index in [0.717, 1.165) is 34.7 Å².